The van der Waals surface area contributed by atoms with Crippen molar-refractivity contribution in [2.24, 2.45) is 0 Å². The zero-order valence-corrected chi connectivity index (χ0v) is 17.8. The van der Waals surface area contributed by atoms with Crippen molar-refractivity contribution in [3.8, 4) is 0 Å². The summed E-state index contributed by atoms with van der Waals surface area (Å²) in [5.41, 5.74) is 2.31. The van der Waals surface area contributed by atoms with E-state index in [4.69, 9.17) is 21.1 Å². The summed E-state index contributed by atoms with van der Waals surface area (Å²) in [4.78, 5) is 25.0. The summed E-state index contributed by atoms with van der Waals surface area (Å²) in [5, 5.41) is 1.25. The van der Waals surface area contributed by atoms with Gasteiger partial charge in [0.2, 0.25) is 5.28 Å². The van der Waals surface area contributed by atoms with Crippen LogP contribution in [0.1, 0.15) is 17.3 Å². The molecule has 1 aromatic carbocycles. The van der Waals surface area contributed by atoms with E-state index in [-0.39, 0.29) is 11.3 Å². The van der Waals surface area contributed by atoms with Crippen LogP contribution >= 0.6 is 22.9 Å². The number of anilines is 3. The normalized spacial score (nSPS) is 14.2. The fraction of sp³-hybridized carbons (Fsp3) is 0.350. The van der Waals surface area contributed by atoms with Gasteiger partial charge in [0.25, 0.3) is 0 Å². The summed E-state index contributed by atoms with van der Waals surface area (Å²) in [6, 6.07) is 9.35. The van der Waals surface area contributed by atoms with Crippen molar-refractivity contribution < 1.29 is 14.3 Å². The van der Waals surface area contributed by atoms with Gasteiger partial charge >= 0.3 is 5.97 Å². The van der Waals surface area contributed by atoms with Crippen LogP contribution in [0.5, 0.6) is 0 Å². The van der Waals surface area contributed by atoms with E-state index < -0.39 is 0 Å². The molecule has 0 amide bonds. The van der Waals surface area contributed by atoms with Crippen LogP contribution in [0.15, 0.2) is 30.3 Å². The van der Waals surface area contributed by atoms with Crippen LogP contribution < -0.4 is 9.80 Å². The molecule has 1 fully saturated rings. The van der Waals surface area contributed by atoms with Gasteiger partial charge in [0, 0.05) is 25.8 Å². The van der Waals surface area contributed by atoms with Gasteiger partial charge in [-0.1, -0.05) is 0 Å². The minimum Gasteiger partial charge on any atom is -0.462 e. The summed E-state index contributed by atoms with van der Waals surface area (Å²) in [7, 11) is 1.98. The molecule has 1 aliphatic heterocycles. The Morgan fingerprint density at radius 1 is 1.28 bits per heavy atom. The molecule has 3 heterocycles. The van der Waals surface area contributed by atoms with E-state index in [1.54, 1.807) is 30.4 Å². The lowest BCUT2D eigenvalue weighted by molar-refractivity contribution is 0.0526. The predicted molar refractivity (Wildman–Crippen MR) is 116 cm³/mol. The van der Waals surface area contributed by atoms with Crippen molar-refractivity contribution in [2.45, 2.75) is 6.92 Å². The maximum absolute atomic E-state index is 11.9. The van der Waals surface area contributed by atoms with Crippen LogP contribution in [0, 0.1) is 0 Å². The fourth-order valence-electron chi connectivity index (χ4n) is 3.19. The van der Waals surface area contributed by atoms with E-state index >= 15 is 0 Å². The van der Waals surface area contributed by atoms with E-state index in [9.17, 15) is 4.79 Å². The number of aromatic nitrogens is 2. The molecule has 0 bridgehead atoms. The highest BCUT2D eigenvalue weighted by molar-refractivity contribution is 7.23. The van der Waals surface area contributed by atoms with Crippen LogP contribution in [0.4, 0.5) is 16.5 Å². The van der Waals surface area contributed by atoms with Crippen LogP contribution in [0.2, 0.25) is 5.28 Å². The Labute approximate surface area is 177 Å². The smallest absolute Gasteiger partial charge is 0.338 e. The first-order valence-corrected chi connectivity index (χ1v) is 10.6. The van der Waals surface area contributed by atoms with Crippen LogP contribution in [-0.2, 0) is 9.47 Å². The number of rotatable bonds is 5. The summed E-state index contributed by atoms with van der Waals surface area (Å²) in [5.74, 6) is 0.536. The topological polar surface area (TPSA) is 67.8 Å². The molecule has 4 rings (SSSR count). The Bertz CT molecular complexity index is 1020. The molecule has 0 aliphatic carbocycles. The Morgan fingerprint density at radius 2 is 2.00 bits per heavy atom. The van der Waals surface area contributed by atoms with E-state index in [0.717, 1.165) is 39.8 Å². The quantitative estimate of drug-likeness (QED) is 0.443. The Hall–Kier alpha value is -2.42. The zero-order valence-electron chi connectivity index (χ0n) is 16.2. The molecule has 29 heavy (non-hydrogen) atoms. The highest BCUT2D eigenvalue weighted by Gasteiger charge is 2.20. The van der Waals surface area contributed by atoms with E-state index in [1.165, 1.54) is 0 Å². The average molecular weight is 433 g/mol. The molecule has 0 spiro atoms. The summed E-state index contributed by atoms with van der Waals surface area (Å²) in [6.45, 7) is 5.06. The van der Waals surface area contributed by atoms with Crippen LogP contribution in [0.3, 0.4) is 0 Å². The number of halogens is 1. The van der Waals surface area contributed by atoms with E-state index in [0.29, 0.717) is 25.4 Å². The molecule has 3 aromatic rings. The number of fused-ring (bicyclic) bond motifs is 1. The number of hydrogen-bond donors (Lipinski definition) is 0. The number of thiophene rings is 1. The zero-order chi connectivity index (χ0) is 20.4. The fourth-order valence-corrected chi connectivity index (χ4v) is 4.46. The third-order valence-corrected chi connectivity index (χ3v) is 6.09. The lowest BCUT2D eigenvalue weighted by Crippen LogP contribution is -2.36. The van der Waals surface area contributed by atoms with Crippen molar-refractivity contribution in [3.05, 3.63) is 41.2 Å². The Kier molecular flexibility index (Phi) is 5.84. The summed E-state index contributed by atoms with van der Waals surface area (Å²) < 4.78 is 11.5. The maximum atomic E-state index is 11.9. The van der Waals surface area contributed by atoms with Gasteiger partial charge in [-0.3, -0.25) is 0 Å². The van der Waals surface area contributed by atoms with Crippen molar-refractivity contribution in [2.75, 3.05) is 49.8 Å². The molecular formula is C20H21ClN4O3S. The highest BCUT2D eigenvalue weighted by atomic mass is 35.5. The number of ether oxygens (including phenoxy) is 2. The first kappa shape index (κ1) is 19.9. The number of nitrogens with zero attached hydrogens (tertiary/aromatic N) is 4. The van der Waals surface area contributed by atoms with Crippen molar-refractivity contribution in [1.29, 1.82) is 0 Å². The largest absolute Gasteiger partial charge is 0.462 e. The monoisotopic (exact) mass is 432 g/mol. The molecule has 9 heteroatoms. The van der Waals surface area contributed by atoms with Crippen molar-refractivity contribution in [1.82, 2.24) is 9.97 Å². The van der Waals surface area contributed by atoms with Gasteiger partial charge in [0.05, 0.1) is 40.6 Å². The molecule has 0 unspecified atom stereocenters. The van der Waals surface area contributed by atoms with Gasteiger partial charge in [-0.25, -0.2) is 9.78 Å². The van der Waals surface area contributed by atoms with Gasteiger partial charge in [0.1, 0.15) is 0 Å². The van der Waals surface area contributed by atoms with Gasteiger partial charge in [-0.15, -0.1) is 11.3 Å². The maximum Gasteiger partial charge on any atom is 0.338 e. The first-order chi connectivity index (χ1) is 14.1. The average Bonchev–Trinajstić information content (AvgIpc) is 3.17. The third-order valence-electron chi connectivity index (χ3n) is 4.72. The van der Waals surface area contributed by atoms with Gasteiger partial charge < -0.3 is 19.3 Å². The van der Waals surface area contributed by atoms with Gasteiger partial charge in [0.15, 0.2) is 5.82 Å². The first-order valence-electron chi connectivity index (χ1n) is 9.37. The van der Waals surface area contributed by atoms with Crippen molar-refractivity contribution in [3.63, 3.8) is 0 Å². The number of carbonyl (C=O) groups excluding carboxylic acids is 1. The second-order valence-electron chi connectivity index (χ2n) is 6.54. The molecule has 0 N–H and O–H groups in total. The molecular weight excluding hydrogens is 412 g/mol. The molecule has 152 valence electrons. The molecule has 0 radical (unpaired) electrons. The number of hydrogen-bond acceptors (Lipinski definition) is 8. The van der Waals surface area contributed by atoms with Gasteiger partial charge in [-0.05, 0) is 48.9 Å². The van der Waals surface area contributed by atoms with Crippen LogP contribution in [0.25, 0.3) is 10.2 Å². The Balaban J connectivity index is 1.64. The van der Waals surface area contributed by atoms with Crippen LogP contribution in [-0.4, -0.2) is 55.9 Å². The summed E-state index contributed by atoms with van der Waals surface area (Å²) in [6.07, 6.45) is 0. The standard InChI is InChI=1S/C20H21ClN4O3S/c1-3-28-19(26)13-4-6-14(7-5-13)24(2)16-12-15-17(29-16)18(23-20(21)22-15)25-8-10-27-11-9-25/h4-7,12H,3,8-11H2,1-2H3. The third kappa shape index (κ3) is 4.14. The molecule has 1 aliphatic rings. The number of carbonyl (C=O) groups is 1. The minimum absolute atomic E-state index is 0.241. The van der Waals surface area contributed by atoms with Gasteiger partial charge in [-0.2, -0.15) is 4.98 Å². The SMILES string of the molecule is CCOC(=O)c1ccc(N(C)c2cc3nc(Cl)nc(N4CCOCC4)c3s2)cc1. The highest BCUT2D eigenvalue weighted by Crippen LogP contribution is 2.39. The van der Waals surface area contributed by atoms with Crippen molar-refractivity contribution >= 4 is 55.6 Å². The predicted octanol–water partition coefficient (Wildman–Crippen LogP) is 4.13. The second-order valence-corrected chi connectivity index (χ2v) is 7.91. The number of morpholine rings is 1. The molecule has 0 saturated carbocycles. The van der Waals surface area contributed by atoms with E-state index in [1.807, 2.05) is 25.2 Å². The second kappa shape index (κ2) is 8.52. The molecule has 0 atom stereocenters. The molecule has 2 aromatic heterocycles. The van der Waals surface area contributed by atoms with E-state index in [2.05, 4.69) is 19.8 Å². The number of benzene rings is 1. The lowest BCUT2D eigenvalue weighted by Gasteiger charge is -2.28. The molecule has 1 saturated heterocycles. The number of esters is 1. The Morgan fingerprint density at radius 3 is 2.69 bits per heavy atom. The minimum atomic E-state index is -0.316. The summed E-state index contributed by atoms with van der Waals surface area (Å²) >= 11 is 7.80. The molecule has 7 nitrogen and oxygen atoms in total. The lowest BCUT2D eigenvalue weighted by atomic mass is 10.2.